The number of hydrogen-bond acceptors (Lipinski definition) is 3. The number of H-pyrrole nitrogens is 1. The molecule has 1 aliphatic heterocycles. The number of urea groups is 1. The van der Waals surface area contributed by atoms with Gasteiger partial charge < -0.3 is 25.5 Å². The van der Waals surface area contributed by atoms with Crippen molar-refractivity contribution in [1.29, 1.82) is 0 Å². The average molecular weight is 281 g/mol. The van der Waals surface area contributed by atoms with Crippen molar-refractivity contribution in [2.75, 3.05) is 25.1 Å². The molecule has 1 atom stereocenters. The molecule has 2 rings (SSSR count). The van der Waals surface area contributed by atoms with Crippen molar-refractivity contribution in [2.45, 2.75) is 19.8 Å². The summed E-state index contributed by atoms with van der Waals surface area (Å²) in [6, 6.07) is 1.18. The summed E-state index contributed by atoms with van der Waals surface area (Å²) in [5, 5.41) is 14.3. The Kier molecular flexibility index (Phi) is 4.62. The molecule has 1 aromatic heterocycles. The van der Waals surface area contributed by atoms with Crippen LogP contribution in [0.25, 0.3) is 0 Å². The fourth-order valence-electron chi connectivity index (χ4n) is 2.23. The van der Waals surface area contributed by atoms with Gasteiger partial charge >= 0.3 is 12.0 Å². The van der Waals surface area contributed by atoms with Crippen molar-refractivity contribution >= 4 is 17.7 Å². The highest BCUT2D eigenvalue weighted by Gasteiger charge is 2.17. The van der Waals surface area contributed by atoms with Gasteiger partial charge in [-0.15, -0.1) is 0 Å². The molecule has 1 saturated heterocycles. The van der Waals surface area contributed by atoms with Crippen LogP contribution in [0.5, 0.6) is 0 Å². The molecule has 110 valence electrons. The fraction of sp³-hybridized carbons (Fsp3) is 0.538. The molecular formula is C13H19N3O4. The Labute approximate surface area is 116 Å². The Hall–Kier alpha value is -2.02. The minimum absolute atomic E-state index is 0.0151. The molecule has 0 saturated carbocycles. The number of carbonyl (C=O) groups is 2. The number of carboxylic acid groups (broad SMARTS) is 1. The van der Waals surface area contributed by atoms with Gasteiger partial charge in [0.15, 0.2) is 0 Å². The molecule has 1 unspecified atom stereocenters. The number of carboxylic acids is 1. The molecule has 1 aromatic rings. The molecule has 1 fully saturated rings. The molecule has 0 bridgehead atoms. The Bertz CT molecular complexity index is 492. The molecule has 0 radical (unpaired) electrons. The number of carbonyl (C=O) groups excluding carboxylic acids is 1. The first kappa shape index (κ1) is 14.4. The van der Waals surface area contributed by atoms with Crippen molar-refractivity contribution in [3.05, 3.63) is 17.5 Å². The van der Waals surface area contributed by atoms with E-state index in [0.717, 1.165) is 19.4 Å². The van der Waals surface area contributed by atoms with E-state index in [-0.39, 0.29) is 11.4 Å². The number of hydrogen-bond donors (Lipinski definition) is 4. The van der Waals surface area contributed by atoms with Gasteiger partial charge in [0.25, 0.3) is 0 Å². The van der Waals surface area contributed by atoms with E-state index in [9.17, 15) is 9.59 Å². The van der Waals surface area contributed by atoms with E-state index < -0.39 is 12.0 Å². The van der Waals surface area contributed by atoms with Crippen molar-refractivity contribution < 1.29 is 19.4 Å². The molecule has 0 spiro atoms. The van der Waals surface area contributed by atoms with Gasteiger partial charge in [0.05, 0.1) is 12.3 Å². The second-order valence-corrected chi connectivity index (χ2v) is 4.96. The molecule has 1 aliphatic rings. The lowest BCUT2D eigenvalue weighted by atomic mass is 10.0. The highest BCUT2D eigenvalue weighted by atomic mass is 16.5. The SMILES string of the molecule is Cc1cc(NC(=O)NCC2CCCOC2)c(C(=O)O)[nH]1. The summed E-state index contributed by atoms with van der Waals surface area (Å²) in [6.45, 7) is 3.70. The van der Waals surface area contributed by atoms with E-state index in [0.29, 0.717) is 24.8 Å². The predicted molar refractivity (Wildman–Crippen MR) is 73.1 cm³/mol. The summed E-state index contributed by atoms with van der Waals surface area (Å²) in [5.41, 5.74) is 0.935. The van der Waals surface area contributed by atoms with E-state index in [1.807, 2.05) is 0 Å². The van der Waals surface area contributed by atoms with Crippen molar-refractivity contribution in [3.63, 3.8) is 0 Å². The third-order valence-electron chi connectivity index (χ3n) is 3.22. The Balaban J connectivity index is 1.86. The van der Waals surface area contributed by atoms with E-state index >= 15 is 0 Å². The van der Waals surface area contributed by atoms with Gasteiger partial charge in [-0.2, -0.15) is 0 Å². The van der Waals surface area contributed by atoms with Crippen LogP contribution in [0.4, 0.5) is 10.5 Å². The maximum absolute atomic E-state index is 11.8. The molecule has 4 N–H and O–H groups in total. The van der Waals surface area contributed by atoms with Crippen LogP contribution < -0.4 is 10.6 Å². The van der Waals surface area contributed by atoms with Crippen LogP contribution in [0.1, 0.15) is 29.0 Å². The fourth-order valence-corrected chi connectivity index (χ4v) is 2.23. The highest BCUT2D eigenvalue weighted by molar-refractivity contribution is 5.99. The number of aromatic nitrogens is 1. The number of aryl methyl sites for hydroxylation is 1. The van der Waals surface area contributed by atoms with E-state index in [1.165, 1.54) is 0 Å². The summed E-state index contributed by atoms with van der Waals surface area (Å²) in [4.78, 5) is 25.5. The first-order valence-electron chi connectivity index (χ1n) is 6.61. The van der Waals surface area contributed by atoms with Crippen molar-refractivity contribution in [3.8, 4) is 0 Å². The molecule has 0 aromatic carbocycles. The number of ether oxygens (including phenoxy) is 1. The average Bonchev–Trinajstić information content (AvgIpc) is 2.79. The largest absolute Gasteiger partial charge is 0.477 e. The standard InChI is InChI=1S/C13H19N3O4/c1-8-5-10(11(15-8)12(17)18)16-13(19)14-6-9-3-2-4-20-7-9/h5,9,15H,2-4,6-7H2,1H3,(H,17,18)(H2,14,16,19). The maximum Gasteiger partial charge on any atom is 0.354 e. The van der Waals surface area contributed by atoms with Gasteiger partial charge in [-0.25, -0.2) is 9.59 Å². The summed E-state index contributed by atoms with van der Waals surface area (Å²) in [7, 11) is 0. The zero-order valence-corrected chi connectivity index (χ0v) is 11.4. The quantitative estimate of drug-likeness (QED) is 0.672. The van der Waals surface area contributed by atoms with Gasteiger partial charge in [-0.05, 0) is 31.7 Å². The molecule has 20 heavy (non-hydrogen) atoms. The zero-order valence-electron chi connectivity index (χ0n) is 11.4. The van der Waals surface area contributed by atoms with Crippen molar-refractivity contribution in [2.24, 2.45) is 5.92 Å². The van der Waals surface area contributed by atoms with E-state index in [1.54, 1.807) is 13.0 Å². The lowest BCUT2D eigenvalue weighted by Gasteiger charge is -2.22. The number of amides is 2. The monoisotopic (exact) mass is 281 g/mol. The Morgan fingerprint density at radius 2 is 2.35 bits per heavy atom. The second kappa shape index (κ2) is 6.42. The van der Waals surface area contributed by atoms with Crippen LogP contribution in [0.2, 0.25) is 0 Å². The summed E-state index contributed by atoms with van der Waals surface area (Å²) in [5.74, 6) is -0.782. The van der Waals surface area contributed by atoms with E-state index in [2.05, 4.69) is 15.6 Å². The zero-order chi connectivity index (χ0) is 14.5. The number of aromatic amines is 1. The van der Waals surface area contributed by atoms with Crippen molar-refractivity contribution in [1.82, 2.24) is 10.3 Å². The smallest absolute Gasteiger partial charge is 0.354 e. The molecule has 0 aliphatic carbocycles. The third kappa shape index (κ3) is 3.74. The summed E-state index contributed by atoms with van der Waals surface area (Å²) < 4.78 is 5.33. The predicted octanol–water partition coefficient (Wildman–Crippen LogP) is 1.57. The number of rotatable bonds is 4. The van der Waals surface area contributed by atoms with Crippen LogP contribution in [0.15, 0.2) is 6.07 Å². The number of anilines is 1. The Morgan fingerprint density at radius 1 is 1.55 bits per heavy atom. The minimum Gasteiger partial charge on any atom is -0.477 e. The van der Waals surface area contributed by atoms with Crippen LogP contribution in [0.3, 0.4) is 0 Å². The third-order valence-corrected chi connectivity index (χ3v) is 3.22. The lowest BCUT2D eigenvalue weighted by molar-refractivity contribution is 0.0559. The first-order valence-corrected chi connectivity index (χ1v) is 6.61. The molecule has 7 heteroatoms. The maximum atomic E-state index is 11.8. The van der Waals surface area contributed by atoms with Gasteiger partial charge in [-0.1, -0.05) is 0 Å². The van der Waals surface area contributed by atoms with Crippen LogP contribution >= 0.6 is 0 Å². The van der Waals surface area contributed by atoms with Gasteiger partial charge in [0, 0.05) is 18.8 Å². The lowest BCUT2D eigenvalue weighted by Crippen LogP contribution is -2.36. The summed E-state index contributed by atoms with van der Waals surface area (Å²) >= 11 is 0. The Morgan fingerprint density at radius 3 is 3.00 bits per heavy atom. The number of nitrogens with one attached hydrogen (secondary N) is 3. The van der Waals surface area contributed by atoms with Crippen LogP contribution in [-0.2, 0) is 4.74 Å². The van der Waals surface area contributed by atoms with E-state index in [4.69, 9.17) is 9.84 Å². The van der Waals surface area contributed by atoms with Gasteiger partial charge in [-0.3, -0.25) is 0 Å². The van der Waals surface area contributed by atoms with Gasteiger partial charge in [0.2, 0.25) is 0 Å². The minimum atomic E-state index is -1.10. The number of aromatic carboxylic acids is 1. The normalized spacial score (nSPS) is 18.6. The topological polar surface area (TPSA) is 103 Å². The van der Waals surface area contributed by atoms with Crippen LogP contribution in [0, 0.1) is 12.8 Å². The second-order valence-electron chi connectivity index (χ2n) is 4.96. The highest BCUT2D eigenvalue weighted by Crippen LogP contribution is 2.17. The molecule has 7 nitrogen and oxygen atoms in total. The molecule has 2 heterocycles. The molecule has 2 amide bonds. The summed E-state index contributed by atoms with van der Waals surface area (Å²) in [6.07, 6.45) is 2.04. The molecular weight excluding hydrogens is 262 g/mol. The van der Waals surface area contributed by atoms with Gasteiger partial charge in [0.1, 0.15) is 5.69 Å². The first-order chi connectivity index (χ1) is 9.56. The van der Waals surface area contributed by atoms with Crippen LogP contribution in [-0.4, -0.2) is 41.8 Å².